The smallest absolute Gasteiger partial charge is 0.406 e. The molecule has 0 radical (unpaired) electrons. The summed E-state index contributed by atoms with van der Waals surface area (Å²) < 4.78 is 83.1. The topological polar surface area (TPSA) is 12.5 Å². The van der Waals surface area contributed by atoms with Crippen LogP contribution in [0.3, 0.4) is 0 Å². The second kappa shape index (κ2) is 5.53. The quantitative estimate of drug-likeness (QED) is 0.485. The number of nitrogens with zero attached hydrogens (tertiary/aromatic N) is 1. The van der Waals surface area contributed by atoms with Crippen LogP contribution in [0, 0.1) is 0 Å². The van der Waals surface area contributed by atoms with Crippen molar-refractivity contribution in [3.05, 3.63) is 29.3 Å². The van der Waals surface area contributed by atoms with Crippen molar-refractivity contribution in [2.45, 2.75) is 68.6 Å². The van der Waals surface area contributed by atoms with Gasteiger partial charge < -0.3 is 4.74 Å². The van der Waals surface area contributed by atoms with Crippen molar-refractivity contribution < 1.29 is 31.1 Å². The first-order chi connectivity index (χ1) is 12.1. The van der Waals surface area contributed by atoms with Crippen LogP contribution >= 0.6 is 0 Å². The number of ether oxygens (including phenoxy) is 1. The first-order valence-electron chi connectivity index (χ1n) is 8.81. The highest BCUT2D eigenvalue weighted by Gasteiger charge is 2.67. The lowest BCUT2D eigenvalue weighted by Gasteiger charge is -2.56. The van der Waals surface area contributed by atoms with E-state index in [1.165, 1.54) is 12.1 Å². The maximum atomic E-state index is 13.7. The Morgan fingerprint density at radius 1 is 0.923 bits per heavy atom. The van der Waals surface area contributed by atoms with Crippen molar-refractivity contribution in [1.82, 2.24) is 4.90 Å². The predicted molar refractivity (Wildman–Crippen MR) is 81.7 cm³/mol. The molecule has 2 fully saturated rings. The summed E-state index contributed by atoms with van der Waals surface area (Å²) in [6, 6.07) is 4.18. The van der Waals surface area contributed by atoms with Crippen LogP contribution in [0.5, 0.6) is 5.75 Å². The highest BCUT2D eigenvalue weighted by Crippen LogP contribution is 2.63. The Kier molecular flexibility index (Phi) is 3.82. The van der Waals surface area contributed by atoms with Crippen molar-refractivity contribution in [3.8, 4) is 5.75 Å². The van der Waals surface area contributed by atoms with Gasteiger partial charge in [0.05, 0.1) is 0 Å². The van der Waals surface area contributed by atoms with E-state index >= 15 is 0 Å². The molecule has 4 rings (SSSR count). The molecule has 1 aliphatic heterocycles. The van der Waals surface area contributed by atoms with Gasteiger partial charge >= 0.3 is 12.7 Å². The van der Waals surface area contributed by atoms with Gasteiger partial charge in [0.1, 0.15) is 5.75 Å². The van der Waals surface area contributed by atoms with E-state index in [0.717, 1.165) is 12.0 Å². The first kappa shape index (κ1) is 17.9. The molecule has 0 N–H and O–H groups in total. The summed E-state index contributed by atoms with van der Waals surface area (Å²) in [5.74, 6) is -0.350. The van der Waals surface area contributed by atoms with Gasteiger partial charge in [-0.2, -0.15) is 13.2 Å². The number of likely N-dealkylation sites (tertiary alicyclic amines) is 1. The lowest BCUT2D eigenvalue weighted by Crippen LogP contribution is -2.63. The van der Waals surface area contributed by atoms with Gasteiger partial charge in [0.15, 0.2) is 0 Å². The van der Waals surface area contributed by atoms with E-state index in [9.17, 15) is 26.3 Å². The molecule has 144 valence electrons. The van der Waals surface area contributed by atoms with E-state index in [1.54, 1.807) is 6.07 Å². The largest absolute Gasteiger partial charge is 0.573 e. The molecule has 1 aromatic rings. The molecule has 0 bridgehead atoms. The Hall–Kier alpha value is -1.44. The zero-order valence-corrected chi connectivity index (χ0v) is 14.0. The minimum absolute atomic E-state index is 0.104. The van der Waals surface area contributed by atoms with Gasteiger partial charge in [-0.15, -0.1) is 13.2 Å². The van der Waals surface area contributed by atoms with Gasteiger partial charge in [0, 0.05) is 17.5 Å². The molecule has 26 heavy (non-hydrogen) atoms. The maximum absolute atomic E-state index is 13.7. The standard InChI is InChI=1S/C18H19F6NO/c19-17(20,21)25-10-9-15-6-1-2-7-16(15,25)8-5-12-3-4-13(11-14(12)15)26-18(22,23)24/h3-4,11H,1-2,5-10H2/t15?,16-/m0/s1. The van der Waals surface area contributed by atoms with Crippen LogP contribution in [0.15, 0.2) is 18.2 Å². The summed E-state index contributed by atoms with van der Waals surface area (Å²) in [4.78, 5) is 0.666. The minimum atomic E-state index is -4.82. The fraction of sp³-hybridized carbons (Fsp3) is 0.667. The van der Waals surface area contributed by atoms with Crippen molar-refractivity contribution in [2.75, 3.05) is 6.54 Å². The van der Waals surface area contributed by atoms with Gasteiger partial charge in [-0.1, -0.05) is 18.9 Å². The molecule has 8 heteroatoms. The molecule has 1 saturated carbocycles. The average Bonchev–Trinajstić information content (AvgIpc) is 2.90. The third kappa shape index (κ3) is 2.52. The fourth-order valence-electron chi connectivity index (χ4n) is 5.73. The summed E-state index contributed by atoms with van der Waals surface area (Å²) in [6.07, 6.45) is -5.61. The molecular weight excluding hydrogens is 360 g/mol. The molecule has 1 unspecified atom stereocenters. The Labute approximate surface area is 147 Å². The normalized spacial score (nSPS) is 31.9. The Morgan fingerprint density at radius 3 is 2.35 bits per heavy atom. The molecule has 3 aliphatic rings. The van der Waals surface area contributed by atoms with E-state index in [1.807, 2.05) is 0 Å². The molecule has 1 heterocycles. The second-order valence-corrected chi connectivity index (χ2v) is 7.56. The number of halogens is 6. The molecule has 1 saturated heterocycles. The van der Waals surface area contributed by atoms with Crippen LogP contribution in [0.4, 0.5) is 26.3 Å². The van der Waals surface area contributed by atoms with Crippen LogP contribution in [0.1, 0.15) is 49.7 Å². The lowest BCUT2D eigenvalue weighted by atomic mass is 9.53. The third-order valence-electron chi connectivity index (χ3n) is 6.56. The van der Waals surface area contributed by atoms with E-state index in [4.69, 9.17) is 0 Å². The fourth-order valence-corrected chi connectivity index (χ4v) is 5.73. The van der Waals surface area contributed by atoms with Gasteiger partial charge in [0.2, 0.25) is 0 Å². The van der Waals surface area contributed by atoms with Gasteiger partial charge in [-0.05, 0) is 55.4 Å². The zero-order chi connectivity index (χ0) is 18.8. The molecular formula is C18H19F6NO. The predicted octanol–water partition coefficient (Wildman–Crippen LogP) is 5.31. The van der Waals surface area contributed by atoms with Gasteiger partial charge in [0.25, 0.3) is 0 Å². The molecule has 2 aliphatic carbocycles. The lowest BCUT2D eigenvalue weighted by molar-refractivity contribution is -0.276. The molecule has 0 spiro atoms. The number of hydrogen-bond acceptors (Lipinski definition) is 2. The molecule has 1 aromatic carbocycles. The summed E-state index contributed by atoms with van der Waals surface area (Å²) >= 11 is 0. The van der Waals surface area contributed by atoms with Crippen LogP contribution in [0.25, 0.3) is 0 Å². The van der Waals surface area contributed by atoms with E-state index < -0.39 is 23.6 Å². The molecule has 2 atom stereocenters. The Balaban J connectivity index is 1.83. The molecule has 0 aromatic heterocycles. The van der Waals surface area contributed by atoms with E-state index in [2.05, 4.69) is 4.74 Å². The van der Waals surface area contributed by atoms with Crippen LogP contribution in [-0.2, 0) is 11.8 Å². The SMILES string of the molecule is FC(F)(F)Oc1ccc2c(c1)C13CCCC[C@@]1(CC2)N(C(F)(F)F)CC3. The van der Waals surface area contributed by atoms with Gasteiger partial charge in [-0.3, -0.25) is 0 Å². The Bertz CT molecular complexity index is 715. The monoisotopic (exact) mass is 379 g/mol. The number of aryl methyl sites for hydroxylation is 1. The van der Waals surface area contributed by atoms with E-state index in [0.29, 0.717) is 49.0 Å². The third-order valence-corrected chi connectivity index (χ3v) is 6.56. The van der Waals surface area contributed by atoms with Crippen molar-refractivity contribution in [2.24, 2.45) is 0 Å². The summed E-state index contributed by atoms with van der Waals surface area (Å²) in [5.41, 5.74) is -0.329. The second-order valence-electron chi connectivity index (χ2n) is 7.56. The highest BCUT2D eigenvalue weighted by molar-refractivity contribution is 5.48. The van der Waals surface area contributed by atoms with Crippen LogP contribution in [0.2, 0.25) is 0 Å². The maximum Gasteiger partial charge on any atom is 0.573 e. The number of fused-ring (bicyclic) bond motifs is 1. The van der Waals surface area contributed by atoms with Crippen molar-refractivity contribution in [3.63, 3.8) is 0 Å². The minimum Gasteiger partial charge on any atom is -0.406 e. The first-order valence-corrected chi connectivity index (χ1v) is 8.81. The number of benzene rings is 1. The average molecular weight is 379 g/mol. The van der Waals surface area contributed by atoms with E-state index in [-0.39, 0.29) is 12.3 Å². The number of rotatable bonds is 1. The van der Waals surface area contributed by atoms with Crippen molar-refractivity contribution >= 4 is 0 Å². The molecule has 2 nitrogen and oxygen atoms in total. The van der Waals surface area contributed by atoms with Gasteiger partial charge in [-0.25, -0.2) is 4.90 Å². The van der Waals surface area contributed by atoms with Crippen LogP contribution < -0.4 is 4.74 Å². The highest BCUT2D eigenvalue weighted by atomic mass is 19.4. The summed E-state index contributed by atoms with van der Waals surface area (Å²) in [5, 5.41) is 0. The van der Waals surface area contributed by atoms with Crippen LogP contribution in [-0.4, -0.2) is 29.6 Å². The summed E-state index contributed by atoms with van der Waals surface area (Å²) in [7, 11) is 0. The Morgan fingerprint density at radius 2 is 1.65 bits per heavy atom. The number of alkyl halides is 6. The summed E-state index contributed by atoms with van der Waals surface area (Å²) in [6.45, 7) is -0.104. The zero-order valence-electron chi connectivity index (χ0n) is 14.0. The molecule has 0 amide bonds. The number of hydrogen-bond donors (Lipinski definition) is 0. The van der Waals surface area contributed by atoms with Crippen molar-refractivity contribution in [1.29, 1.82) is 0 Å².